The lowest BCUT2D eigenvalue weighted by Gasteiger charge is -2.12. The summed E-state index contributed by atoms with van der Waals surface area (Å²) in [5.41, 5.74) is 15.9. The minimum absolute atomic E-state index is 0.130. The van der Waals surface area contributed by atoms with Gasteiger partial charge in [0.1, 0.15) is 11.0 Å². The molecule has 0 bridgehead atoms. The topological polar surface area (TPSA) is 172 Å². The number of nitrogens with two attached hydrogens (primary N) is 2. The summed E-state index contributed by atoms with van der Waals surface area (Å²) in [5.74, 6) is 1.17. The van der Waals surface area contributed by atoms with E-state index in [1.165, 1.54) is 0 Å². The Bertz CT molecular complexity index is 1560. The maximum atomic E-state index is 12.5. The van der Waals surface area contributed by atoms with Crippen LogP contribution in [0.25, 0.3) is 33.8 Å². The van der Waals surface area contributed by atoms with Crippen LogP contribution in [0.2, 0.25) is 0 Å². The van der Waals surface area contributed by atoms with E-state index < -0.39 is 0 Å². The van der Waals surface area contributed by atoms with Crippen LogP contribution in [0.4, 0.5) is 22.0 Å². The number of nitrogens with one attached hydrogen (secondary N) is 2. The number of hydrogen-bond acceptors (Lipinski definition) is 9. The van der Waals surface area contributed by atoms with E-state index in [1.54, 1.807) is 12.3 Å². The molecule has 0 radical (unpaired) electrons. The molecule has 5 rings (SSSR count). The summed E-state index contributed by atoms with van der Waals surface area (Å²) in [6.45, 7) is 3.47. The SMILES string of the molecule is CCn1c(-c2nonc2N)nc2c(-c3cccc(NC(=O)Nc4ccccc4)c3)ncc(OCCCN)c21. The number of fused-ring (bicyclic) bond motifs is 1. The smallest absolute Gasteiger partial charge is 0.323 e. The first kappa shape index (κ1) is 24.7. The van der Waals surface area contributed by atoms with Crippen molar-refractivity contribution in [1.29, 1.82) is 0 Å². The fourth-order valence-corrected chi connectivity index (χ4v) is 4.09. The molecule has 0 fully saturated rings. The number of para-hydroxylation sites is 1. The van der Waals surface area contributed by atoms with Crippen LogP contribution in [0, 0.1) is 0 Å². The fraction of sp³-hybridized carbons (Fsp3) is 0.192. The lowest BCUT2D eigenvalue weighted by molar-refractivity contribution is 0.262. The number of pyridine rings is 1. The second kappa shape index (κ2) is 11.0. The van der Waals surface area contributed by atoms with Crippen LogP contribution >= 0.6 is 0 Å². The van der Waals surface area contributed by atoms with Crippen LogP contribution in [-0.2, 0) is 6.54 Å². The minimum Gasteiger partial charge on any atom is -0.490 e. The molecular weight excluding hydrogens is 486 g/mol. The molecule has 0 unspecified atom stereocenters. The molecule has 6 N–H and O–H groups in total. The predicted octanol–water partition coefficient (Wildman–Crippen LogP) is 4.12. The summed E-state index contributed by atoms with van der Waals surface area (Å²) in [7, 11) is 0. The van der Waals surface area contributed by atoms with Crippen molar-refractivity contribution in [2.75, 3.05) is 29.5 Å². The van der Waals surface area contributed by atoms with Crippen LogP contribution in [0.3, 0.4) is 0 Å². The molecule has 3 aromatic heterocycles. The number of hydrogen-bond donors (Lipinski definition) is 4. The zero-order valence-corrected chi connectivity index (χ0v) is 20.7. The Hall–Kier alpha value is -4.97. The van der Waals surface area contributed by atoms with Crippen molar-refractivity contribution in [1.82, 2.24) is 24.8 Å². The highest BCUT2D eigenvalue weighted by Gasteiger charge is 2.24. The number of aromatic nitrogens is 5. The number of rotatable bonds is 9. The fourth-order valence-electron chi connectivity index (χ4n) is 4.09. The quantitative estimate of drug-likeness (QED) is 0.211. The van der Waals surface area contributed by atoms with Crippen LogP contribution in [0.1, 0.15) is 13.3 Å². The highest BCUT2D eigenvalue weighted by Crippen LogP contribution is 2.37. The summed E-state index contributed by atoms with van der Waals surface area (Å²) in [5, 5.41) is 13.3. The Labute approximate surface area is 218 Å². The van der Waals surface area contributed by atoms with Crippen molar-refractivity contribution in [2.24, 2.45) is 5.73 Å². The molecule has 5 aromatic rings. The summed E-state index contributed by atoms with van der Waals surface area (Å²) in [6, 6.07) is 16.2. The third kappa shape index (κ3) is 4.97. The maximum Gasteiger partial charge on any atom is 0.323 e. The molecular formula is C26H27N9O3. The van der Waals surface area contributed by atoms with Crippen molar-refractivity contribution in [3.8, 4) is 28.5 Å². The van der Waals surface area contributed by atoms with Gasteiger partial charge in [0, 0.05) is 23.5 Å². The summed E-state index contributed by atoms with van der Waals surface area (Å²) < 4.78 is 12.8. The number of urea groups is 1. The van der Waals surface area contributed by atoms with E-state index in [4.69, 9.17) is 25.8 Å². The molecule has 3 heterocycles. The molecule has 0 aliphatic carbocycles. The predicted molar refractivity (Wildman–Crippen MR) is 145 cm³/mol. The van der Waals surface area contributed by atoms with Gasteiger partial charge in [-0.05, 0) is 54.5 Å². The van der Waals surface area contributed by atoms with E-state index in [1.807, 2.05) is 60.0 Å². The molecule has 194 valence electrons. The van der Waals surface area contributed by atoms with Crippen LogP contribution < -0.4 is 26.8 Å². The maximum absolute atomic E-state index is 12.5. The second-order valence-corrected chi connectivity index (χ2v) is 8.36. The van der Waals surface area contributed by atoms with Crippen molar-refractivity contribution < 1.29 is 14.2 Å². The Morgan fingerprint density at radius 1 is 1.05 bits per heavy atom. The number of nitrogens with zero attached hydrogens (tertiary/aromatic N) is 5. The standard InChI is InChI=1S/C26H27N9O3/c1-2-35-23-19(37-13-7-12-27)15-29-20(21(23)32-25(35)22-24(28)34-38-33-22)16-8-6-11-18(14-16)31-26(36)30-17-9-4-3-5-10-17/h3-6,8-11,14-15H,2,7,12-13,27H2,1H3,(H2,28,34)(H2,30,31,36). The molecule has 12 heteroatoms. The highest BCUT2D eigenvalue weighted by atomic mass is 16.6. The van der Waals surface area contributed by atoms with E-state index in [2.05, 4.69) is 25.9 Å². The molecule has 0 aliphatic heterocycles. The molecule has 0 aliphatic rings. The van der Waals surface area contributed by atoms with Gasteiger partial charge in [0.05, 0.1) is 18.5 Å². The van der Waals surface area contributed by atoms with Crippen molar-refractivity contribution in [2.45, 2.75) is 19.9 Å². The van der Waals surface area contributed by atoms with Gasteiger partial charge in [-0.1, -0.05) is 30.3 Å². The first-order valence-electron chi connectivity index (χ1n) is 12.1. The van der Waals surface area contributed by atoms with Crippen LogP contribution in [0.5, 0.6) is 5.75 Å². The molecule has 0 spiro atoms. The van der Waals surface area contributed by atoms with Gasteiger partial charge in [0.2, 0.25) is 0 Å². The summed E-state index contributed by atoms with van der Waals surface area (Å²) in [6.07, 6.45) is 2.35. The molecule has 12 nitrogen and oxygen atoms in total. The Morgan fingerprint density at radius 3 is 2.58 bits per heavy atom. The van der Waals surface area contributed by atoms with Crippen LogP contribution in [-0.4, -0.2) is 44.0 Å². The number of ether oxygens (including phenoxy) is 1. The zero-order valence-electron chi connectivity index (χ0n) is 20.7. The molecule has 0 saturated heterocycles. The van der Waals surface area contributed by atoms with Gasteiger partial charge in [-0.3, -0.25) is 0 Å². The molecule has 38 heavy (non-hydrogen) atoms. The Kier molecular flexibility index (Phi) is 7.13. The largest absolute Gasteiger partial charge is 0.490 e. The lowest BCUT2D eigenvalue weighted by atomic mass is 10.1. The highest BCUT2D eigenvalue weighted by molar-refractivity contribution is 6.01. The molecule has 0 atom stereocenters. The van der Waals surface area contributed by atoms with E-state index in [9.17, 15) is 4.79 Å². The van der Waals surface area contributed by atoms with Gasteiger partial charge in [-0.15, -0.1) is 0 Å². The molecule has 2 amide bonds. The van der Waals surface area contributed by atoms with Gasteiger partial charge in [-0.2, -0.15) is 0 Å². The van der Waals surface area contributed by atoms with Crippen molar-refractivity contribution in [3.63, 3.8) is 0 Å². The van der Waals surface area contributed by atoms with E-state index >= 15 is 0 Å². The monoisotopic (exact) mass is 513 g/mol. The normalized spacial score (nSPS) is 11.0. The van der Waals surface area contributed by atoms with Gasteiger partial charge in [0.15, 0.2) is 23.1 Å². The molecule has 0 saturated carbocycles. The van der Waals surface area contributed by atoms with Gasteiger partial charge >= 0.3 is 6.03 Å². The average Bonchev–Trinajstić information content (AvgIpc) is 3.52. The van der Waals surface area contributed by atoms with E-state index in [-0.39, 0.29) is 11.8 Å². The number of carbonyl (C=O) groups is 1. The van der Waals surface area contributed by atoms with Gasteiger partial charge < -0.3 is 31.4 Å². The van der Waals surface area contributed by atoms with Crippen LogP contribution in [0.15, 0.2) is 65.4 Å². The Balaban J connectivity index is 1.55. The van der Waals surface area contributed by atoms with Gasteiger partial charge in [0.25, 0.3) is 0 Å². The summed E-state index contributed by atoms with van der Waals surface area (Å²) in [4.78, 5) is 22.1. The minimum atomic E-state index is -0.360. The third-order valence-corrected chi connectivity index (χ3v) is 5.81. The Morgan fingerprint density at radius 2 is 1.84 bits per heavy atom. The first-order chi connectivity index (χ1) is 18.6. The van der Waals surface area contributed by atoms with Gasteiger partial charge in [-0.25, -0.2) is 19.4 Å². The summed E-state index contributed by atoms with van der Waals surface area (Å²) >= 11 is 0. The number of anilines is 3. The lowest BCUT2D eigenvalue weighted by Crippen LogP contribution is -2.19. The zero-order chi connectivity index (χ0) is 26.5. The number of benzene rings is 2. The number of carbonyl (C=O) groups excluding carboxylic acids is 1. The molecule has 2 aromatic carbocycles. The third-order valence-electron chi connectivity index (χ3n) is 5.81. The van der Waals surface area contributed by atoms with Crippen molar-refractivity contribution >= 4 is 34.3 Å². The second-order valence-electron chi connectivity index (χ2n) is 8.36. The number of amides is 2. The van der Waals surface area contributed by atoms with E-state index in [0.717, 1.165) is 11.1 Å². The van der Waals surface area contributed by atoms with E-state index in [0.29, 0.717) is 66.0 Å². The number of imidazole rings is 1. The number of aryl methyl sites for hydroxylation is 1. The average molecular weight is 514 g/mol. The number of nitrogen functional groups attached to an aromatic ring is 1. The first-order valence-corrected chi connectivity index (χ1v) is 12.1. The van der Waals surface area contributed by atoms with Crippen molar-refractivity contribution in [3.05, 3.63) is 60.8 Å².